The van der Waals surface area contributed by atoms with Gasteiger partial charge in [-0.15, -0.1) is 0 Å². The Morgan fingerprint density at radius 2 is 2.10 bits per heavy atom. The zero-order chi connectivity index (χ0) is 14.8. The first-order valence-corrected chi connectivity index (χ1v) is 7.74. The van der Waals surface area contributed by atoms with E-state index in [1.165, 1.54) is 12.3 Å². The molecular formula is C12H10BrFN2O3S. The van der Waals surface area contributed by atoms with Crippen LogP contribution in [0.25, 0.3) is 0 Å². The Morgan fingerprint density at radius 3 is 2.70 bits per heavy atom. The van der Waals surface area contributed by atoms with Crippen molar-refractivity contribution < 1.29 is 17.9 Å². The second-order valence-electron chi connectivity index (χ2n) is 3.86. The van der Waals surface area contributed by atoms with Crippen molar-refractivity contribution in [3.8, 4) is 0 Å². The van der Waals surface area contributed by atoms with E-state index in [2.05, 4.69) is 25.6 Å². The van der Waals surface area contributed by atoms with E-state index in [1.807, 2.05) is 0 Å². The molecule has 1 heterocycles. The molecule has 0 amide bonds. The molecule has 5 nitrogen and oxygen atoms in total. The van der Waals surface area contributed by atoms with E-state index in [0.29, 0.717) is 10.0 Å². The molecule has 0 aliphatic heterocycles. The first-order chi connectivity index (χ1) is 9.44. The Morgan fingerprint density at radius 1 is 1.35 bits per heavy atom. The SMILES string of the molecule is O=S(=O)(Nc1ncccc1Br)c1ccc(CO)cc1F. The normalized spacial score (nSPS) is 11.3. The molecule has 0 aliphatic rings. The van der Waals surface area contributed by atoms with E-state index in [0.717, 1.165) is 12.1 Å². The van der Waals surface area contributed by atoms with Crippen molar-refractivity contribution in [2.45, 2.75) is 11.5 Å². The van der Waals surface area contributed by atoms with Crippen molar-refractivity contribution >= 4 is 31.8 Å². The lowest BCUT2D eigenvalue weighted by molar-refractivity contribution is 0.281. The average molecular weight is 361 g/mol. The standard InChI is InChI=1S/C12H10BrFN2O3S/c13-9-2-1-5-15-12(9)16-20(18,19)11-4-3-8(7-17)6-10(11)14/h1-6,17H,7H2,(H,15,16). The topological polar surface area (TPSA) is 79.3 Å². The van der Waals surface area contributed by atoms with Crippen LogP contribution in [0.4, 0.5) is 10.2 Å². The summed E-state index contributed by atoms with van der Waals surface area (Å²) in [5.74, 6) is -0.866. The van der Waals surface area contributed by atoms with Gasteiger partial charge in [-0.25, -0.2) is 17.8 Å². The van der Waals surface area contributed by atoms with Crippen molar-refractivity contribution in [3.63, 3.8) is 0 Å². The summed E-state index contributed by atoms with van der Waals surface area (Å²) in [5.41, 5.74) is 0.292. The predicted octanol–water partition coefficient (Wildman–Crippen LogP) is 2.28. The first-order valence-electron chi connectivity index (χ1n) is 5.46. The fourth-order valence-electron chi connectivity index (χ4n) is 1.50. The fourth-order valence-corrected chi connectivity index (χ4v) is 3.08. The van der Waals surface area contributed by atoms with Gasteiger partial charge in [-0.1, -0.05) is 6.07 Å². The molecule has 0 spiro atoms. The minimum absolute atomic E-state index is 0.0677. The summed E-state index contributed by atoms with van der Waals surface area (Å²) >= 11 is 3.15. The molecular weight excluding hydrogens is 351 g/mol. The van der Waals surface area contributed by atoms with Crippen LogP contribution in [0, 0.1) is 5.82 Å². The molecule has 1 aromatic heterocycles. The number of anilines is 1. The van der Waals surface area contributed by atoms with E-state index >= 15 is 0 Å². The lowest BCUT2D eigenvalue weighted by Crippen LogP contribution is -2.16. The van der Waals surface area contributed by atoms with Crippen LogP contribution in [0.1, 0.15) is 5.56 Å². The van der Waals surface area contributed by atoms with Crippen LogP contribution in [-0.2, 0) is 16.6 Å². The predicted molar refractivity (Wildman–Crippen MR) is 75.1 cm³/mol. The molecule has 0 radical (unpaired) electrons. The number of benzene rings is 1. The Balaban J connectivity index is 2.39. The quantitative estimate of drug-likeness (QED) is 0.876. The van der Waals surface area contributed by atoms with E-state index in [4.69, 9.17) is 5.11 Å². The van der Waals surface area contributed by atoms with Crippen molar-refractivity contribution in [1.29, 1.82) is 0 Å². The van der Waals surface area contributed by atoms with Crippen LogP contribution in [0.5, 0.6) is 0 Å². The molecule has 0 saturated heterocycles. The highest BCUT2D eigenvalue weighted by Gasteiger charge is 2.20. The number of sulfonamides is 1. The highest BCUT2D eigenvalue weighted by molar-refractivity contribution is 9.10. The summed E-state index contributed by atoms with van der Waals surface area (Å²) in [6.07, 6.45) is 1.41. The lowest BCUT2D eigenvalue weighted by Gasteiger charge is -2.10. The van der Waals surface area contributed by atoms with Crippen LogP contribution >= 0.6 is 15.9 Å². The van der Waals surface area contributed by atoms with Crippen molar-refractivity contribution in [2.24, 2.45) is 0 Å². The molecule has 20 heavy (non-hydrogen) atoms. The van der Waals surface area contributed by atoms with Gasteiger partial charge in [0.2, 0.25) is 0 Å². The van der Waals surface area contributed by atoms with Gasteiger partial charge in [-0.3, -0.25) is 4.72 Å². The Hall–Kier alpha value is -1.51. The maximum absolute atomic E-state index is 13.8. The van der Waals surface area contributed by atoms with Crippen molar-refractivity contribution in [2.75, 3.05) is 4.72 Å². The van der Waals surface area contributed by atoms with Crippen LogP contribution in [-0.4, -0.2) is 18.5 Å². The molecule has 106 valence electrons. The average Bonchev–Trinajstić information content (AvgIpc) is 2.40. The number of aliphatic hydroxyl groups excluding tert-OH is 1. The fraction of sp³-hybridized carbons (Fsp3) is 0.0833. The third kappa shape index (κ3) is 3.14. The Labute approximate surface area is 123 Å². The summed E-state index contributed by atoms with van der Waals surface area (Å²) in [6.45, 7) is -0.365. The molecule has 0 atom stereocenters. The van der Waals surface area contributed by atoms with Crippen LogP contribution in [0.3, 0.4) is 0 Å². The largest absolute Gasteiger partial charge is 0.392 e. The molecule has 0 saturated carbocycles. The molecule has 8 heteroatoms. The smallest absolute Gasteiger partial charge is 0.265 e. The van der Waals surface area contributed by atoms with E-state index in [1.54, 1.807) is 12.1 Å². The van der Waals surface area contributed by atoms with Gasteiger partial charge in [-0.2, -0.15) is 0 Å². The summed E-state index contributed by atoms with van der Waals surface area (Å²) in [6, 6.07) is 6.64. The van der Waals surface area contributed by atoms with Gasteiger partial charge in [0, 0.05) is 6.20 Å². The van der Waals surface area contributed by atoms with Gasteiger partial charge in [0.1, 0.15) is 10.7 Å². The van der Waals surface area contributed by atoms with Gasteiger partial charge in [0.05, 0.1) is 11.1 Å². The highest BCUT2D eigenvalue weighted by Crippen LogP contribution is 2.23. The van der Waals surface area contributed by atoms with Crippen molar-refractivity contribution in [3.05, 3.63) is 52.4 Å². The number of rotatable bonds is 4. The Bertz CT molecular complexity index is 737. The van der Waals surface area contributed by atoms with Gasteiger partial charge in [0.25, 0.3) is 10.0 Å². The molecule has 0 fully saturated rings. The third-order valence-electron chi connectivity index (χ3n) is 2.46. The summed E-state index contributed by atoms with van der Waals surface area (Å²) in [5, 5.41) is 8.88. The monoisotopic (exact) mass is 360 g/mol. The third-order valence-corrected chi connectivity index (χ3v) is 4.47. The minimum Gasteiger partial charge on any atom is -0.392 e. The molecule has 2 rings (SSSR count). The maximum atomic E-state index is 13.8. The number of pyridine rings is 1. The van der Waals surface area contributed by atoms with Crippen LogP contribution < -0.4 is 4.72 Å². The summed E-state index contributed by atoms with van der Waals surface area (Å²) in [7, 11) is -4.09. The molecule has 2 aromatic rings. The van der Waals surface area contributed by atoms with Crippen LogP contribution in [0.2, 0.25) is 0 Å². The van der Waals surface area contributed by atoms with Gasteiger partial charge in [0.15, 0.2) is 5.82 Å². The maximum Gasteiger partial charge on any atom is 0.265 e. The van der Waals surface area contributed by atoms with Crippen molar-refractivity contribution in [1.82, 2.24) is 4.98 Å². The molecule has 0 unspecified atom stereocenters. The van der Waals surface area contributed by atoms with Gasteiger partial charge >= 0.3 is 0 Å². The zero-order valence-electron chi connectivity index (χ0n) is 10.0. The summed E-state index contributed by atoms with van der Waals surface area (Å²) < 4.78 is 40.6. The molecule has 2 N–H and O–H groups in total. The molecule has 1 aromatic carbocycles. The molecule has 0 bridgehead atoms. The second kappa shape index (κ2) is 5.86. The number of hydrogen-bond donors (Lipinski definition) is 2. The van der Waals surface area contributed by atoms with E-state index in [9.17, 15) is 12.8 Å². The second-order valence-corrected chi connectivity index (χ2v) is 6.37. The number of aromatic nitrogens is 1. The number of nitrogens with one attached hydrogen (secondary N) is 1. The number of nitrogens with zero attached hydrogens (tertiary/aromatic N) is 1. The lowest BCUT2D eigenvalue weighted by atomic mass is 10.2. The number of hydrogen-bond acceptors (Lipinski definition) is 4. The number of aliphatic hydroxyl groups is 1. The van der Waals surface area contributed by atoms with Crippen LogP contribution in [0.15, 0.2) is 45.9 Å². The molecule has 0 aliphatic carbocycles. The number of halogens is 2. The summed E-state index contributed by atoms with van der Waals surface area (Å²) in [4.78, 5) is 3.35. The minimum atomic E-state index is -4.09. The first kappa shape index (κ1) is 14.9. The van der Waals surface area contributed by atoms with Gasteiger partial charge < -0.3 is 5.11 Å². The Kier molecular flexibility index (Phi) is 4.36. The zero-order valence-corrected chi connectivity index (χ0v) is 12.4. The van der Waals surface area contributed by atoms with E-state index in [-0.39, 0.29) is 12.4 Å². The highest BCUT2D eigenvalue weighted by atomic mass is 79.9. The van der Waals surface area contributed by atoms with E-state index < -0.39 is 20.7 Å². The van der Waals surface area contributed by atoms with Gasteiger partial charge in [-0.05, 0) is 45.8 Å².